The predicted octanol–water partition coefficient (Wildman–Crippen LogP) is 0.509. The molecule has 0 aromatic heterocycles. The molecule has 2 atom stereocenters. The number of carbonyl (C=O) groups excluding carboxylic acids is 2. The second-order valence-electron chi connectivity index (χ2n) is 5.06. The molecule has 2 N–H and O–H groups in total. The molecule has 2 aliphatic rings. The van der Waals surface area contributed by atoms with Gasteiger partial charge in [-0.25, -0.2) is 0 Å². The fourth-order valence-corrected chi connectivity index (χ4v) is 2.29. The standard InChI is InChI=1S/C11H18N2O2/c1-7-8(2)10(15)13(9(7)14)6-11(12)4-3-5-11/h7-8H,3-6,12H2,1-2H3. The minimum absolute atomic E-state index is 0.0516. The molecular formula is C11H18N2O2. The Bertz CT molecular complexity index is 290. The van der Waals surface area contributed by atoms with Crippen molar-refractivity contribution >= 4 is 11.8 Å². The molecule has 2 fully saturated rings. The molecule has 4 nitrogen and oxygen atoms in total. The third-order valence-electron chi connectivity index (χ3n) is 3.88. The van der Waals surface area contributed by atoms with Crippen molar-refractivity contribution in [3.63, 3.8) is 0 Å². The summed E-state index contributed by atoms with van der Waals surface area (Å²) < 4.78 is 0. The smallest absolute Gasteiger partial charge is 0.232 e. The van der Waals surface area contributed by atoms with Gasteiger partial charge in [0.2, 0.25) is 11.8 Å². The molecule has 1 aliphatic carbocycles. The van der Waals surface area contributed by atoms with Gasteiger partial charge in [0.05, 0.1) is 0 Å². The van der Waals surface area contributed by atoms with Gasteiger partial charge in [-0.2, -0.15) is 0 Å². The molecule has 0 aromatic rings. The van der Waals surface area contributed by atoms with Crippen LogP contribution in [0.25, 0.3) is 0 Å². The Kier molecular flexibility index (Phi) is 2.34. The molecule has 0 aromatic carbocycles. The van der Waals surface area contributed by atoms with Crippen molar-refractivity contribution in [2.75, 3.05) is 6.54 Å². The Morgan fingerprint density at radius 2 is 1.73 bits per heavy atom. The van der Waals surface area contributed by atoms with Crippen molar-refractivity contribution in [2.24, 2.45) is 17.6 Å². The van der Waals surface area contributed by atoms with Gasteiger partial charge >= 0.3 is 0 Å². The summed E-state index contributed by atoms with van der Waals surface area (Å²) in [4.78, 5) is 25.0. The van der Waals surface area contributed by atoms with Gasteiger partial charge in [0.1, 0.15) is 0 Å². The Hall–Kier alpha value is -0.900. The van der Waals surface area contributed by atoms with Crippen molar-refractivity contribution < 1.29 is 9.59 Å². The molecule has 2 unspecified atom stereocenters. The van der Waals surface area contributed by atoms with Crippen LogP contribution in [0.1, 0.15) is 33.1 Å². The Morgan fingerprint density at radius 3 is 2.07 bits per heavy atom. The molecule has 0 spiro atoms. The highest BCUT2D eigenvalue weighted by Crippen LogP contribution is 2.33. The van der Waals surface area contributed by atoms with E-state index < -0.39 is 0 Å². The van der Waals surface area contributed by atoms with E-state index in [0.717, 1.165) is 19.3 Å². The second kappa shape index (κ2) is 3.30. The summed E-state index contributed by atoms with van der Waals surface area (Å²) in [6, 6.07) is 0. The van der Waals surface area contributed by atoms with Gasteiger partial charge in [0.25, 0.3) is 0 Å². The SMILES string of the molecule is CC1C(=O)N(CC2(N)CCC2)C(=O)C1C. The van der Waals surface area contributed by atoms with E-state index in [4.69, 9.17) is 5.73 Å². The van der Waals surface area contributed by atoms with Crippen LogP contribution in [-0.2, 0) is 9.59 Å². The van der Waals surface area contributed by atoms with Gasteiger partial charge in [-0.1, -0.05) is 13.8 Å². The zero-order valence-electron chi connectivity index (χ0n) is 9.32. The fourth-order valence-electron chi connectivity index (χ4n) is 2.29. The van der Waals surface area contributed by atoms with Gasteiger partial charge in [0, 0.05) is 23.9 Å². The maximum absolute atomic E-state index is 11.8. The van der Waals surface area contributed by atoms with E-state index in [9.17, 15) is 9.59 Å². The van der Waals surface area contributed by atoms with E-state index in [1.54, 1.807) is 0 Å². The zero-order chi connectivity index (χ0) is 11.2. The van der Waals surface area contributed by atoms with E-state index in [1.165, 1.54) is 4.90 Å². The largest absolute Gasteiger partial charge is 0.324 e. The van der Waals surface area contributed by atoms with E-state index in [0.29, 0.717) is 6.54 Å². The third kappa shape index (κ3) is 1.57. The van der Waals surface area contributed by atoms with Crippen LogP contribution < -0.4 is 5.73 Å². The number of amides is 2. The normalized spacial score (nSPS) is 34.5. The quantitative estimate of drug-likeness (QED) is 0.675. The molecule has 2 amide bonds. The predicted molar refractivity (Wildman–Crippen MR) is 55.8 cm³/mol. The molecule has 0 bridgehead atoms. The molecule has 1 heterocycles. The van der Waals surface area contributed by atoms with Crippen LogP contribution in [0.4, 0.5) is 0 Å². The van der Waals surface area contributed by atoms with Crippen LogP contribution in [0, 0.1) is 11.8 Å². The number of nitrogens with zero attached hydrogens (tertiary/aromatic N) is 1. The summed E-state index contributed by atoms with van der Waals surface area (Å²) in [6.45, 7) is 4.04. The first-order valence-corrected chi connectivity index (χ1v) is 5.59. The zero-order valence-corrected chi connectivity index (χ0v) is 9.32. The first-order valence-electron chi connectivity index (χ1n) is 5.59. The van der Waals surface area contributed by atoms with Crippen molar-refractivity contribution in [3.8, 4) is 0 Å². The van der Waals surface area contributed by atoms with E-state index in [2.05, 4.69) is 0 Å². The molecule has 1 saturated heterocycles. The number of hydrogen-bond acceptors (Lipinski definition) is 3. The summed E-state index contributed by atoms with van der Waals surface area (Å²) in [5.74, 6) is -0.462. The topological polar surface area (TPSA) is 63.4 Å². The van der Waals surface area contributed by atoms with Crippen LogP contribution in [0.15, 0.2) is 0 Å². The van der Waals surface area contributed by atoms with Crippen LogP contribution in [0.5, 0.6) is 0 Å². The van der Waals surface area contributed by atoms with Gasteiger partial charge in [-0.3, -0.25) is 14.5 Å². The number of nitrogens with two attached hydrogens (primary N) is 1. The minimum Gasteiger partial charge on any atom is -0.324 e. The highest BCUT2D eigenvalue weighted by Gasteiger charge is 2.46. The van der Waals surface area contributed by atoms with Crippen LogP contribution in [-0.4, -0.2) is 28.8 Å². The maximum Gasteiger partial charge on any atom is 0.232 e. The summed E-state index contributed by atoms with van der Waals surface area (Å²) in [7, 11) is 0. The molecule has 2 rings (SSSR count). The molecule has 1 saturated carbocycles. The summed E-state index contributed by atoms with van der Waals surface area (Å²) >= 11 is 0. The number of likely N-dealkylation sites (tertiary alicyclic amines) is 1. The first-order chi connectivity index (χ1) is 6.94. The third-order valence-corrected chi connectivity index (χ3v) is 3.88. The maximum atomic E-state index is 11.8. The monoisotopic (exact) mass is 210 g/mol. The van der Waals surface area contributed by atoms with Gasteiger partial charge in [0.15, 0.2) is 0 Å². The number of hydrogen-bond donors (Lipinski definition) is 1. The van der Waals surface area contributed by atoms with Crippen molar-refractivity contribution in [1.29, 1.82) is 0 Å². The van der Waals surface area contributed by atoms with Crippen LogP contribution in [0.2, 0.25) is 0 Å². The van der Waals surface area contributed by atoms with E-state index in [-0.39, 0.29) is 29.2 Å². The molecular weight excluding hydrogens is 192 g/mol. The average Bonchev–Trinajstić information content (AvgIpc) is 2.33. The number of carbonyl (C=O) groups is 2. The Morgan fingerprint density at radius 1 is 1.27 bits per heavy atom. The van der Waals surface area contributed by atoms with Crippen molar-refractivity contribution in [2.45, 2.75) is 38.6 Å². The lowest BCUT2D eigenvalue weighted by Gasteiger charge is -2.40. The average molecular weight is 210 g/mol. The van der Waals surface area contributed by atoms with Crippen molar-refractivity contribution in [3.05, 3.63) is 0 Å². The van der Waals surface area contributed by atoms with Crippen LogP contribution in [0.3, 0.4) is 0 Å². The minimum atomic E-state index is -0.297. The van der Waals surface area contributed by atoms with Crippen molar-refractivity contribution in [1.82, 2.24) is 4.90 Å². The van der Waals surface area contributed by atoms with Gasteiger partial charge in [-0.15, -0.1) is 0 Å². The number of imide groups is 1. The molecule has 0 radical (unpaired) electrons. The second-order valence-corrected chi connectivity index (χ2v) is 5.06. The highest BCUT2D eigenvalue weighted by molar-refractivity contribution is 6.04. The number of rotatable bonds is 2. The molecule has 15 heavy (non-hydrogen) atoms. The van der Waals surface area contributed by atoms with Crippen LogP contribution >= 0.6 is 0 Å². The fraction of sp³-hybridized carbons (Fsp3) is 0.818. The summed E-state index contributed by atoms with van der Waals surface area (Å²) in [6.07, 6.45) is 2.96. The Balaban J connectivity index is 2.09. The van der Waals surface area contributed by atoms with E-state index >= 15 is 0 Å². The van der Waals surface area contributed by atoms with Gasteiger partial charge in [-0.05, 0) is 19.3 Å². The summed E-state index contributed by atoms with van der Waals surface area (Å²) in [5.41, 5.74) is 5.76. The lowest BCUT2D eigenvalue weighted by molar-refractivity contribution is -0.141. The highest BCUT2D eigenvalue weighted by atomic mass is 16.2. The first kappa shape index (κ1) is 10.6. The Labute approximate surface area is 89.8 Å². The van der Waals surface area contributed by atoms with E-state index in [1.807, 2.05) is 13.8 Å². The van der Waals surface area contributed by atoms with Gasteiger partial charge < -0.3 is 5.73 Å². The lowest BCUT2D eigenvalue weighted by Crippen LogP contribution is -2.56. The molecule has 1 aliphatic heterocycles. The summed E-state index contributed by atoms with van der Waals surface area (Å²) in [5, 5.41) is 0. The lowest BCUT2D eigenvalue weighted by atomic mass is 9.77. The molecule has 84 valence electrons. The molecule has 4 heteroatoms.